The van der Waals surface area contributed by atoms with Gasteiger partial charge in [0.25, 0.3) is 0 Å². The summed E-state index contributed by atoms with van der Waals surface area (Å²) >= 11 is 1.27. The van der Waals surface area contributed by atoms with Crippen LogP contribution in [0.4, 0.5) is 15.6 Å². The monoisotopic (exact) mass is 334 g/mol. The average Bonchev–Trinajstić information content (AvgIpc) is 2.94. The van der Waals surface area contributed by atoms with Crippen LogP contribution in [0.15, 0.2) is 24.4 Å². The van der Waals surface area contributed by atoms with Gasteiger partial charge >= 0.3 is 6.03 Å². The number of nitrogen functional groups attached to an aromatic ring is 1. The first-order chi connectivity index (χ1) is 11.0. The lowest BCUT2D eigenvalue weighted by molar-refractivity contribution is 0.247. The Morgan fingerprint density at radius 1 is 1.39 bits per heavy atom. The Hall–Kier alpha value is -2.28. The highest BCUT2D eigenvalue weighted by molar-refractivity contribution is 7.17. The molecule has 6 nitrogen and oxygen atoms in total. The number of aromatic nitrogens is 1. The Kier molecular flexibility index (Phi) is 5.81. The second-order valence-electron chi connectivity index (χ2n) is 5.22. The molecule has 0 aliphatic carbocycles. The summed E-state index contributed by atoms with van der Waals surface area (Å²) in [6.07, 6.45) is 3.38. The number of anilines is 2. The molecule has 1 aromatic heterocycles. The number of benzene rings is 1. The number of hydrogen-bond acceptors (Lipinski definition) is 5. The van der Waals surface area contributed by atoms with E-state index in [1.54, 1.807) is 12.3 Å². The van der Waals surface area contributed by atoms with Gasteiger partial charge in [-0.3, -0.25) is 5.32 Å². The molecule has 23 heavy (non-hydrogen) atoms. The first-order valence-corrected chi connectivity index (χ1v) is 8.40. The van der Waals surface area contributed by atoms with Crippen LogP contribution in [0.3, 0.4) is 0 Å². The van der Waals surface area contributed by atoms with E-state index in [1.807, 2.05) is 32.9 Å². The van der Waals surface area contributed by atoms with E-state index in [4.69, 9.17) is 10.5 Å². The van der Waals surface area contributed by atoms with Crippen molar-refractivity contribution in [2.45, 2.75) is 39.7 Å². The predicted molar refractivity (Wildman–Crippen MR) is 94.3 cm³/mol. The van der Waals surface area contributed by atoms with Crippen LogP contribution in [-0.4, -0.2) is 17.1 Å². The quantitative estimate of drug-likeness (QED) is 0.693. The molecule has 0 unspecified atom stereocenters. The molecule has 4 N–H and O–H groups in total. The Morgan fingerprint density at radius 2 is 2.13 bits per heavy atom. The van der Waals surface area contributed by atoms with Gasteiger partial charge in [-0.25, -0.2) is 9.78 Å². The summed E-state index contributed by atoms with van der Waals surface area (Å²) in [5.74, 6) is 0.718. The fourth-order valence-corrected chi connectivity index (χ4v) is 2.75. The number of nitrogens with two attached hydrogens (primary N) is 1. The molecule has 1 aromatic carbocycles. The third-order valence-corrected chi connectivity index (χ3v) is 4.23. The topological polar surface area (TPSA) is 89.3 Å². The van der Waals surface area contributed by atoms with Crippen LogP contribution in [0.2, 0.25) is 0 Å². The lowest BCUT2D eigenvalue weighted by Gasteiger charge is -2.14. The fourth-order valence-electron chi connectivity index (χ4n) is 2.07. The molecular weight excluding hydrogens is 312 g/mol. The molecule has 124 valence electrons. The molecule has 2 amide bonds. The van der Waals surface area contributed by atoms with Crippen LogP contribution < -0.4 is 21.1 Å². The molecule has 0 bridgehead atoms. The van der Waals surface area contributed by atoms with Gasteiger partial charge in [0.15, 0.2) is 5.13 Å². The molecule has 0 spiro atoms. The van der Waals surface area contributed by atoms with Crippen LogP contribution in [0, 0.1) is 6.92 Å². The molecular formula is C16H22N4O2S. The number of amides is 2. The van der Waals surface area contributed by atoms with Crippen molar-refractivity contribution in [1.82, 2.24) is 10.3 Å². The summed E-state index contributed by atoms with van der Waals surface area (Å²) in [7, 11) is 0. The number of aryl methyl sites for hydroxylation is 1. The van der Waals surface area contributed by atoms with Crippen LogP contribution in [0.5, 0.6) is 10.8 Å². The van der Waals surface area contributed by atoms with Gasteiger partial charge in [-0.15, -0.1) is 0 Å². The second-order valence-corrected chi connectivity index (χ2v) is 6.22. The highest BCUT2D eigenvalue weighted by Gasteiger charge is 2.11. The molecule has 0 radical (unpaired) electrons. The number of nitrogens with zero attached hydrogens (tertiary/aromatic N) is 1. The largest absolute Gasteiger partial charge is 0.445 e. The SMILES string of the molecule is CCC(CC)NC(=O)Nc1ncc(Oc2ccc(N)cc2C)s1. The maximum absolute atomic E-state index is 11.9. The summed E-state index contributed by atoms with van der Waals surface area (Å²) in [6.45, 7) is 6.01. The van der Waals surface area contributed by atoms with Crippen LogP contribution >= 0.6 is 11.3 Å². The van der Waals surface area contributed by atoms with E-state index in [9.17, 15) is 4.79 Å². The van der Waals surface area contributed by atoms with E-state index in [1.165, 1.54) is 11.3 Å². The molecule has 0 fully saturated rings. The first-order valence-electron chi connectivity index (χ1n) is 7.59. The van der Waals surface area contributed by atoms with Gasteiger partial charge in [-0.2, -0.15) is 0 Å². The maximum Gasteiger partial charge on any atom is 0.321 e. The van der Waals surface area contributed by atoms with Crippen LogP contribution in [-0.2, 0) is 0 Å². The minimum Gasteiger partial charge on any atom is -0.445 e. The highest BCUT2D eigenvalue weighted by atomic mass is 32.1. The number of carbonyl (C=O) groups excluding carboxylic acids is 1. The van der Waals surface area contributed by atoms with E-state index < -0.39 is 0 Å². The van der Waals surface area contributed by atoms with Gasteiger partial charge in [0.2, 0.25) is 5.06 Å². The van der Waals surface area contributed by atoms with E-state index in [0.717, 1.165) is 24.2 Å². The molecule has 7 heteroatoms. The van der Waals surface area contributed by atoms with E-state index in [-0.39, 0.29) is 12.1 Å². The number of thiazole rings is 1. The number of rotatable bonds is 6. The van der Waals surface area contributed by atoms with Crippen molar-refractivity contribution in [3.8, 4) is 10.8 Å². The number of nitrogens with one attached hydrogen (secondary N) is 2. The average molecular weight is 334 g/mol. The van der Waals surface area contributed by atoms with Gasteiger partial charge in [-0.05, 0) is 43.5 Å². The number of ether oxygens (including phenoxy) is 1. The van der Waals surface area contributed by atoms with Gasteiger partial charge in [0.1, 0.15) is 5.75 Å². The van der Waals surface area contributed by atoms with Crippen molar-refractivity contribution < 1.29 is 9.53 Å². The molecule has 0 saturated heterocycles. The summed E-state index contributed by atoms with van der Waals surface area (Å²) in [6, 6.07) is 5.37. The first kappa shape index (κ1) is 17.1. The van der Waals surface area contributed by atoms with Gasteiger partial charge in [0.05, 0.1) is 6.20 Å². The summed E-state index contributed by atoms with van der Waals surface area (Å²) in [5.41, 5.74) is 7.36. The third kappa shape index (κ3) is 4.85. The molecule has 2 aromatic rings. The molecule has 2 rings (SSSR count). The zero-order valence-electron chi connectivity index (χ0n) is 13.6. The number of hydrogen-bond donors (Lipinski definition) is 3. The number of urea groups is 1. The normalized spacial score (nSPS) is 10.6. The van der Waals surface area contributed by atoms with Gasteiger partial charge in [0, 0.05) is 11.7 Å². The van der Waals surface area contributed by atoms with Crippen molar-refractivity contribution >= 4 is 28.2 Å². The molecule has 1 heterocycles. The van der Waals surface area contributed by atoms with E-state index >= 15 is 0 Å². The summed E-state index contributed by atoms with van der Waals surface area (Å²) < 4.78 is 5.78. The molecule has 0 saturated carbocycles. The maximum atomic E-state index is 11.9. The fraction of sp³-hybridized carbons (Fsp3) is 0.375. The van der Waals surface area contributed by atoms with E-state index in [0.29, 0.717) is 15.9 Å². The standard InChI is InChI=1S/C16H22N4O2S/c1-4-12(5-2)19-15(21)20-16-18-9-14(23-16)22-13-7-6-11(17)8-10(13)3/h6-9,12H,4-5,17H2,1-3H3,(H2,18,19,20,21). The molecule has 0 aliphatic rings. The van der Waals surface area contributed by atoms with Crippen molar-refractivity contribution in [1.29, 1.82) is 0 Å². The highest BCUT2D eigenvalue weighted by Crippen LogP contribution is 2.32. The Bertz CT molecular complexity index is 668. The predicted octanol–water partition coefficient (Wildman–Crippen LogP) is 4.14. The lowest BCUT2D eigenvalue weighted by Crippen LogP contribution is -2.37. The summed E-state index contributed by atoms with van der Waals surface area (Å²) in [4.78, 5) is 16.0. The lowest BCUT2D eigenvalue weighted by atomic mass is 10.2. The van der Waals surface area contributed by atoms with Gasteiger partial charge < -0.3 is 15.8 Å². The van der Waals surface area contributed by atoms with Crippen molar-refractivity contribution in [2.75, 3.05) is 11.1 Å². The van der Waals surface area contributed by atoms with Crippen molar-refractivity contribution in [3.05, 3.63) is 30.0 Å². The summed E-state index contributed by atoms with van der Waals surface area (Å²) in [5, 5.41) is 6.73. The zero-order chi connectivity index (χ0) is 16.8. The minimum atomic E-state index is -0.247. The van der Waals surface area contributed by atoms with Crippen LogP contribution in [0.1, 0.15) is 32.3 Å². The molecule has 0 atom stereocenters. The van der Waals surface area contributed by atoms with Crippen molar-refractivity contribution in [3.63, 3.8) is 0 Å². The van der Waals surface area contributed by atoms with Crippen molar-refractivity contribution in [2.24, 2.45) is 0 Å². The zero-order valence-corrected chi connectivity index (χ0v) is 14.4. The Labute approximate surface area is 140 Å². The second kappa shape index (κ2) is 7.82. The third-order valence-electron chi connectivity index (χ3n) is 3.44. The molecule has 0 aliphatic heterocycles. The smallest absolute Gasteiger partial charge is 0.321 e. The van der Waals surface area contributed by atoms with Gasteiger partial charge in [-0.1, -0.05) is 25.2 Å². The van der Waals surface area contributed by atoms with E-state index in [2.05, 4.69) is 15.6 Å². The minimum absolute atomic E-state index is 0.170. The number of carbonyl (C=O) groups is 1. The Morgan fingerprint density at radius 3 is 2.78 bits per heavy atom. The van der Waals surface area contributed by atoms with Crippen LogP contribution in [0.25, 0.3) is 0 Å². The Balaban J connectivity index is 1.96.